The molecule has 1 fully saturated rings. The summed E-state index contributed by atoms with van der Waals surface area (Å²) in [6.45, 7) is 8.65. The van der Waals surface area contributed by atoms with Crippen molar-refractivity contribution in [1.82, 2.24) is 9.62 Å². The first-order valence-electron chi connectivity index (χ1n) is 10.4. The monoisotopic (exact) mass is 453 g/mol. The van der Waals surface area contributed by atoms with Crippen molar-refractivity contribution in [2.24, 2.45) is 5.92 Å². The Labute approximate surface area is 183 Å². The van der Waals surface area contributed by atoms with Crippen LogP contribution in [0.1, 0.15) is 47.0 Å². The molecule has 0 radical (unpaired) electrons. The van der Waals surface area contributed by atoms with E-state index in [9.17, 15) is 18.0 Å². The first-order valence-corrected chi connectivity index (χ1v) is 12.8. The van der Waals surface area contributed by atoms with Gasteiger partial charge in [0.2, 0.25) is 21.8 Å². The molecule has 0 unspecified atom stereocenters. The number of thioether (sulfide) groups is 1. The molecule has 3 rings (SSSR count). The number of anilines is 1. The van der Waals surface area contributed by atoms with E-state index >= 15 is 0 Å². The minimum absolute atomic E-state index is 0.131. The molecule has 2 aliphatic rings. The standard InChI is InChI=1S/C21H31N3O4S2/c1-15-7-10-23(11-8-15)30(27,28)16-5-6-18-17(13-16)24(20(26)9-12-29-18)14-19(25)22-21(2,3)4/h5-6,13,15H,7-12,14H2,1-4H3,(H,22,25). The Balaban J connectivity index is 1.92. The molecule has 0 atom stereocenters. The second kappa shape index (κ2) is 8.88. The SMILES string of the molecule is CC1CCN(S(=O)(=O)c2ccc3c(c2)N(CC(=O)NC(C)(C)C)C(=O)CCS3)CC1. The van der Waals surface area contributed by atoms with E-state index < -0.39 is 15.6 Å². The summed E-state index contributed by atoms with van der Waals surface area (Å²) in [5.41, 5.74) is 0.0816. The lowest BCUT2D eigenvalue weighted by Gasteiger charge is -2.30. The van der Waals surface area contributed by atoms with Gasteiger partial charge in [-0.2, -0.15) is 4.31 Å². The maximum Gasteiger partial charge on any atom is 0.243 e. The van der Waals surface area contributed by atoms with E-state index in [0.717, 1.165) is 17.7 Å². The molecule has 2 heterocycles. The Kier molecular flexibility index (Phi) is 6.84. The van der Waals surface area contributed by atoms with Gasteiger partial charge in [-0.05, 0) is 57.7 Å². The van der Waals surface area contributed by atoms with Gasteiger partial charge >= 0.3 is 0 Å². The number of rotatable bonds is 4. The molecule has 0 spiro atoms. The predicted octanol–water partition coefficient (Wildman–Crippen LogP) is 2.85. The zero-order valence-corrected chi connectivity index (χ0v) is 19.7. The van der Waals surface area contributed by atoms with Gasteiger partial charge in [-0.25, -0.2) is 8.42 Å². The molecule has 2 amide bonds. The number of benzene rings is 1. The summed E-state index contributed by atoms with van der Waals surface area (Å²) >= 11 is 1.51. The Hall–Kier alpha value is -1.58. The smallest absolute Gasteiger partial charge is 0.243 e. The highest BCUT2D eigenvalue weighted by atomic mass is 32.2. The average molecular weight is 454 g/mol. The molecule has 1 saturated heterocycles. The fraction of sp³-hybridized carbons (Fsp3) is 0.619. The molecule has 1 aromatic rings. The maximum absolute atomic E-state index is 13.2. The van der Waals surface area contributed by atoms with E-state index in [1.165, 1.54) is 21.0 Å². The quantitative estimate of drug-likeness (QED) is 0.758. The number of amides is 2. The molecule has 9 heteroatoms. The second-order valence-corrected chi connectivity index (χ2v) is 12.2. The van der Waals surface area contributed by atoms with E-state index in [1.807, 2.05) is 20.8 Å². The number of hydrogen-bond donors (Lipinski definition) is 1. The van der Waals surface area contributed by atoms with Crippen LogP contribution in [0.15, 0.2) is 28.0 Å². The van der Waals surface area contributed by atoms with Crippen LogP contribution in [0, 0.1) is 5.92 Å². The number of sulfonamides is 1. The molecule has 166 valence electrons. The number of nitrogens with zero attached hydrogens (tertiary/aromatic N) is 2. The number of carbonyl (C=O) groups is 2. The lowest BCUT2D eigenvalue weighted by atomic mass is 10.0. The van der Waals surface area contributed by atoms with Crippen LogP contribution >= 0.6 is 11.8 Å². The zero-order valence-electron chi connectivity index (χ0n) is 18.1. The van der Waals surface area contributed by atoms with Gasteiger partial charge in [-0.15, -0.1) is 11.8 Å². The normalized spacial score (nSPS) is 19.3. The Morgan fingerprint density at radius 1 is 1.23 bits per heavy atom. The number of piperidine rings is 1. The lowest BCUT2D eigenvalue weighted by Crippen LogP contribution is -2.47. The van der Waals surface area contributed by atoms with Crippen LogP contribution in [0.3, 0.4) is 0 Å². The summed E-state index contributed by atoms with van der Waals surface area (Å²) in [4.78, 5) is 27.7. The molecule has 7 nitrogen and oxygen atoms in total. The highest BCUT2D eigenvalue weighted by Gasteiger charge is 2.31. The third-order valence-electron chi connectivity index (χ3n) is 5.29. The summed E-state index contributed by atoms with van der Waals surface area (Å²) in [7, 11) is -3.64. The molecule has 0 bridgehead atoms. The van der Waals surface area contributed by atoms with Crippen LogP contribution in [0.2, 0.25) is 0 Å². The fourth-order valence-corrected chi connectivity index (χ4v) is 6.13. The highest BCUT2D eigenvalue weighted by Crippen LogP contribution is 2.37. The largest absolute Gasteiger partial charge is 0.350 e. The Bertz CT molecular complexity index is 917. The molecule has 0 aliphatic carbocycles. The van der Waals surface area contributed by atoms with Crippen molar-refractivity contribution in [2.75, 3.05) is 30.3 Å². The van der Waals surface area contributed by atoms with Gasteiger partial charge in [-0.3, -0.25) is 9.59 Å². The summed E-state index contributed by atoms with van der Waals surface area (Å²) in [6, 6.07) is 4.93. The van der Waals surface area contributed by atoms with Gasteiger partial charge in [0.15, 0.2) is 0 Å². The van der Waals surface area contributed by atoms with Crippen molar-refractivity contribution in [2.45, 2.75) is 62.3 Å². The summed E-state index contributed by atoms with van der Waals surface area (Å²) in [5.74, 6) is 0.673. The number of nitrogens with one attached hydrogen (secondary N) is 1. The van der Waals surface area contributed by atoms with Crippen molar-refractivity contribution < 1.29 is 18.0 Å². The summed E-state index contributed by atoms with van der Waals surface area (Å²) < 4.78 is 27.9. The number of fused-ring (bicyclic) bond motifs is 1. The molecule has 1 N–H and O–H groups in total. The number of carbonyl (C=O) groups excluding carboxylic acids is 2. The van der Waals surface area contributed by atoms with E-state index in [0.29, 0.717) is 36.9 Å². The summed E-state index contributed by atoms with van der Waals surface area (Å²) in [5, 5.41) is 2.87. The Morgan fingerprint density at radius 2 is 1.90 bits per heavy atom. The minimum atomic E-state index is -3.64. The number of hydrogen-bond acceptors (Lipinski definition) is 5. The van der Waals surface area contributed by atoms with E-state index in [2.05, 4.69) is 12.2 Å². The van der Waals surface area contributed by atoms with Crippen LogP contribution in [-0.2, 0) is 19.6 Å². The third kappa shape index (κ3) is 5.36. The fourth-order valence-electron chi connectivity index (χ4n) is 3.66. The van der Waals surface area contributed by atoms with Crippen LogP contribution in [0.25, 0.3) is 0 Å². The van der Waals surface area contributed by atoms with Crippen molar-refractivity contribution in [1.29, 1.82) is 0 Å². The molecular weight excluding hydrogens is 422 g/mol. The van der Waals surface area contributed by atoms with Gasteiger partial charge in [-0.1, -0.05) is 6.92 Å². The van der Waals surface area contributed by atoms with Crippen LogP contribution in [0.4, 0.5) is 5.69 Å². The highest BCUT2D eigenvalue weighted by molar-refractivity contribution is 7.99. The van der Waals surface area contributed by atoms with Gasteiger partial charge in [0.05, 0.1) is 10.6 Å². The topological polar surface area (TPSA) is 86.8 Å². The molecular formula is C21H31N3O4S2. The van der Waals surface area contributed by atoms with Crippen molar-refractivity contribution in [3.8, 4) is 0 Å². The van der Waals surface area contributed by atoms with Crippen molar-refractivity contribution >= 4 is 39.3 Å². The average Bonchev–Trinajstić information content (AvgIpc) is 2.79. The first kappa shape index (κ1) is 23.1. The first-order chi connectivity index (χ1) is 14.0. The maximum atomic E-state index is 13.2. The minimum Gasteiger partial charge on any atom is -0.350 e. The molecule has 1 aromatic carbocycles. The van der Waals surface area contributed by atoms with Crippen LogP contribution < -0.4 is 10.2 Å². The third-order valence-corrected chi connectivity index (χ3v) is 8.25. The van der Waals surface area contributed by atoms with Gasteiger partial charge < -0.3 is 10.2 Å². The zero-order chi connectivity index (χ0) is 22.1. The molecule has 0 saturated carbocycles. The van der Waals surface area contributed by atoms with Crippen molar-refractivity contribution in [3.05, 3.63) is 18.2 Å². The molecule has 0 aromatic heterocycles. The lowest BCUT2D eigenvalue weighted by molar-refractivity contribution is -0.124. The Morgan fingerprint density at radius 3 is 2.53 bits per heavy atom. The van der Waals surface area contributed by atoms with Crippen molar-refractivity contribution in [3.63, 3.8) is 0 Å². The van der Waals surface area contributed by atoms with E-state index in [4.69, 9.17) is 0 Å². The van der Waals surface area contributed by atoms with E-state index in [-0.39, 0.29) is 23.3 Å². The van der Waals surface area contributed by atoms with Crippen LogP contribution in [0.5, 0.6) is 0 Å². The van der Waals surface area contributed by atoms with Gasteiger partial charge in [0.25, 0.3) is 0 Å². The second-order valence-electron chi connectivity index (χ2n) is 9.09. The van der Waals surface area contributed by atoms with E-state index in [1.54, 1.807) is 18.2 Å². The van der Waals surface area contributed by atoms with Gasteiger partial charge in [0, 0.05) is 35.7 Å². The van der Waals surface area contributed by atoms with Gasteiger partial charge in [0.1, 0.15) is 6.54 Å². The summed E-state index contributed by atoms with van der Waals surface area (Å²) in [6.07, 6.45) is 1.99. The van der Waals surface area contributed by atoms with Crippen LogP contribution in [-0.4, -0.2) is 55.5 Å². The molecule has 30 heavy (non-hydrogen) atoms. The predicted molar refractivity (Wildman–Crippen MR) is 119 cm³/mol. The molecule has 2 aliphatic heterocycles.